The van der Waals surface area contributed by atoms with Crippen molar-refractivity contribution in [1.82, 2.24) is 0 Å². The number of aryl methyl sites for hydroxylation is 1. The Morgan fingerprint density at radius 1 is 1.36 bits per heavy atom. The highest BCUT2D eigenvalue weighted by Crippen LogP contribution is 2.15. The molecule has 0 amide bonds. The molecule has 0 heterocycles. The summed E-state index contributed by atoms with van der Waals surface area (Å²) in [5.41, 5.74) is 8.43. The maximum Gasteiger partial charge on any atom is 0.0659 e. The van der Waals surface area contributed by atoms with Crippen molar-refractivity contribution in [2.45, 2.75) is 26.3 Å². The van der Waals surface area contributed by atoms with E-state index in [1.807, 2.05) is 12.1 Å². The zero-order valence-corrected chi connectivity index (χ0v) is 8.99. The van der Waals surface area contributed by atoms with Crippen LogP contribution < -0.4 is 5.73 Å². The van der Waals surface area contributed by atoms with Gasteiger partial charge < -0.3 is 10.5 Å². The van der Waals surface area contributed by atoms with E-state index in [1.54, 1.807) is 0 Å². The van der Waals surface area contributed by atoms with E-state index >= 15 is 0 Å². The molecule has 1 aromatic rings. The SMILES string of the molecule is CCCOCC(N)c1ccccc1C. The molecule has 2 N–H and O–H groups in total. The Labute approximate surface area is 86.1 Å². The molecule has 0 aromatic heterocycles. The van der Waals surface area contributed by atoms with Crippen LogP contribution >= 0.6 is 0 Å². The Hall–Kier alpha value is -0.860. The van der Waals surface area contributed by atoms with Gasteiger partial charge in [-0.2, -0.15) is 0 Å². The first-order valence-corrected chi connectivity index (χ1v) is 5.14. The van der Waals surface area contributed by atoms with Crippen molar-refractivity contribution >= 4 is 0 Å². The first-order valence-electron chi connectivity index (χ1n) is 5.14. The van der Waals surface area contributed by atoms with Gasteiger partial charge in [-0.3, -0.25) is 0 Å². The third-order valence-electron chi connectivity index (χ3n) is 2.23. The number of ether oxygens (including phenoxy) is 1. The summed E-state index contributed by atoms with van der Waals surface area (Å²) < 4.78 is 5.43. The highest BCUT2D eigenvalue weighted by Gasteiger charge is 2.07. The second kappa shape index (κ2) is 5.78. The van der Waals surface area contributed by atoms with Crippen molar-refractivity contribution in [2.24, 2.45) is 5.73 Å². The van der Waals surface area contributed by atoms with Gasteiger partial charge in [0.1, 0.15) is 0 Å². The minimum absolute atomic E-state index is 0.00255. The van der Waals surface area contributed by atoms with Gasteiger partial charge >= 0.3 is 0 Å². The topological polar surface area (TPSA) is 35.2 Å². The standard InChI is InChI=1S/C12H19NO/c1-3-8-14-9-12(13)11-7-5-4-6-10(11)2/h4-7,12H,3,8-9,13H2,1-2H3. The predicted octanol–water partition coefficient (Wildman–Crippen LogP) is 2.42. The summed E-state index contributed by atoms with van der Waals surface area (Å²) in [6.45, 7) is 5.58. The summed E-state index contributed by atoms with van der Waals surface area (Å²) in [4.78, 5) is 0. The Balaban J connectivity index is 2.51. The van der Waals surface area contributed by atoms with E-state index in [4.69, 9.17) is 10.5 Å². The molecular weight excluding hydrogens is 174 g/mol. The van der Waals surface area contributed by atoms with Crippen molar-refractivity contribution in [1.29, 1.82) is 0 Å². The lowest BCUT2D eigenvalue weighted by Crippen LogP contribution is -2.18. The van der Waals surface area contributed by atoms with Gasteiger partial charge in [0.15, 0.2) is 0 Å². The van der Waals surface area contributed by atoms with Crippen molar-refractivity contribution in [3.05, 3.63) is 35.4 Å². The predicted molar refractivity (Wildman–Crippen MR) is 59.2 cm³/mol. The monoisotopic (exact) mass is 193 g/mol. The molecule has 0 saturated carbocycles. The lowest BCUT2D eigenvalue weighted by molar-refractivity contribution is 0.121. The molecule has 0 bridgehead atoms. The van der Waals surface area contributed by atoms with E-state index in [2.05, 4.69) is 26.0 Å². The van der Waals surface area contributed by atoms with Crippen molar-refractivity contribution in [3.8, 4) is 0 Å². The maximum atomic E-state index is 6.01. The third kappa shape index (κ3) is 3.13. The average molecular weight is 193 g/mol. The summed E-state index contributed by atoms with van der Waals surface area (Å²) in [5, 5.41) is 0. The fourth-order valence-corrected chi connectivity index (χ4v) is 1.45. The van der Waals surface area contributed by atoms with Gasteiger partial charge in [0.25, 0.3) is 0 Å². The van der Waals surface area contributed by atoms with Crippen molar-refractivity contribution < 1.29 is 4.74 Å². The Morgan fingerprint density at radius 3 is 2.71 bits per heavy atom. The molecule has 0 aliphatic rings. The smallest absolute Gasteiger partial charge is 0.0659 e. The van der Waals surface area contributed by atoms with Crippen LogP contribution in [0, 0.1) is 6.92 Å². The lowest BCUT2D eigenvalue weighted by atomic mass is 10.0. The molecule has 0 spiro atoms. The highest BCUT2D eigenvalue weighted by molar-refractivity contribution is 5.28. The van der Waals surface area contributed by atoms with E-state index in [1.165, 1.54) is 11.1 Å². The van der Waals surface area contributed by atoms with Gasteiger partial charge in [-0.25, -0.2) is 0 Å². The van der Waals surface area contributed by atoms with E-state index in [0.717, 1.165) is 13.0 Å². The van der Waals surface area contributed by atoms with Gasteiger partial charge in [-0.1, -0.05) is 31.2 Å². The number of rotatable bonds is 5. The molecule has 78 valence electrons. The molecule has 2 nitrogen and oxygen atoms in total. The molecule has 0 aliphatic carbocycles. The van der Waals surface area contributed by atoms with Crippen molar-refractivity contribution in [2.75, 3.05) is 13.2 Å². The minimum Gasteiger partial charge on any atom is -0.379 e. The second-order valence-electron chi connectivity index (χ2n) is 3.54. The van der Waals surface area contributed by atoms with Crippen LogP contribution in [-0.2, 0) is 4.74 Å². The molecule has 0 saturated heterocycles. The largest absolute Gasteiger partial charge is 0.379 e. The number of hydrogen-bond acceptors (Lipinski definition) is 2. The highest BCUT2D eigenvalue weighted by atomic mass is 16.5. The van der Waals surface area contributed by atoms with Crippen LogP contribution in [0.2, 0.25) is 0 Å². The summed E-state index contributed by atoms with van der Waals surface area (Å²) in [7, 11) is 0. The van der Waals surface area contributed by atoms with E-state index in [0.29, 0.717) is 6.61 Å². The Bertz CT molecular complexity index is 273. The molecule has 0 fully saturated rings. The molecule has 0 radical (unpaired) electrons. The summed E-state index contributed by atoms with van der Waals surface area (Å²) >= 11 is 0. The van der Waals surface area contributed by atoms with Gasteiger partial charge in [-0.15, -0.1) is 0 Å². The molecule has 1 atom stereocenters. The molecular formula is C12H19NO. The third-order valence-corrected chi connectivity index (χ3v) is 2.23. The maximum absolute atomic E-state index is 6.01. The first kappa shape index (κ1) is 11.2. The summed E-state index contributed by atoms with van der Waals surface area (Å²) in [6.07, 6.45) is 1.04. The van der Waals surface area contributed by atoms with Gasteiger partial charge in [0.05, 0.1) is 12.6 Å². The zero-order valence-electron chi connectivity index (χ0n) is 8.99. The van der Waals surface area contributed by atoms with Crippen LogP contribution in [0.25, 0.3) is 0 Å². The molecule has 1 rings (SSSR count). The lowest BCUT2D eigenvalue weighted by Gasteiger charge is -2.14. The van der Waals surface area contributed by atoms with Gasteiger partial charge in [-0.05, 0) is 24.5 Å². The van der Waals surface area contributed by atoms with Crippen LogP contribution in [0.4, 0.5) is 0 Å². The van der Waals surface area contributed by atoms with Crippen LogP contribution in [-0.4, -0.2) is 13.2 Å². The number of benzene rings is 1. The van der Waals surface area contributed by atoms with E-state index in [9.17, 15) is 0 Å². The van der Waals surface area contributed by atoms with Crippen LogP contribution in [0.3, 0.4) is 0 Å². The van der Waals surface area contributed by atoms with E-state index in [-0.39, 0.29) is 6.04 Å². The summed E-state index contributed by atoms with van der Waals surface area (Å²) in [5.74, 6) is 0. The molecule has 2 heteroatoms. The fourth-order valence-electron chi connectivity index (χ4n) is 1.45. The fraction of sp³-hybridized carbons (Fsp3) is 0.500. The molecule has 1 unspecified atom stereocenters. The molecule has 1 aromatic carbocycles. The number of hydrogen-bond donors (Lipinski definition) is 1. The zero-order chi connectivity index (χ0) is 10.4. The number of nitrogens with two attached hydrogens (primary N) is 1. The average Bonchev–Trinajstić information content (AvgIpc) is 2.18. The Kier molecular flexibility index (Phi) is 4.63. The quantitative estimate of drug-likeness (QED) is 0.729. The molecule has 0 aliphatic heterocycles. The normalized spacial score (nSPS) is 12.8. The Morgan fingerprint density at radius 2 is 2.07 bits per heavy atom. The van der Waals surface area contributed by atoms with Gasteiger partial charge in [0, 0.05) is 6.61 Å². The van der Waals surface area contributed by atoms with Crippen LogP contribution in [0.1, 0.15) is 30.5 Å². The second-order valence-corrected chi connectivity index (χ2v) is 3.54. The van der Waals surface area contributed by atoms with Crippen LogP contribution in [0.15, 0.2) is 24.3 Å². The molecule has 14 heavy (non-hydrogen) atoms. The summed E-state index contributed by atoms with van der Waals surface area (Å²) in [6, 6.07) is 8.19. The first-order chi connectivity index (χ1) is 6.75. The van der Waals surface area contributed by atoms with E-state index < -0.39 is 0 Å². The van der Waals surface area contributed by atoms with Crippen molar-refractivity contribution in [3.63, 3.8) is 0 Å². The minimum atomic E-state index is 0.00255. The van der Waals surface area contributed by atoms with Gasteiger partial charge in [0.2, 0.25) is 0 Å². The van der Waals surface area contributed by atoms with Crippen LogP contribution in [0.5, 0.6) is 0 Å².